The van der Waals surface area contributed by atoms with Crippen LogP contribution in [0.25, 0.3) is 0 Å². The molecule has 0 amide bonds. The minimum Gasteiger partial charge on any atom is -0.465 e. The second-order valence-corrected chi connectivity index (χ2v) is 5.95. The van der Waals surface area contributed by atoms with Gasteiger partial charge in [0.2, 0.25) is 0 Å². The molecule has 1 aromatic carbocycles. The van der Waals surface area contributed by atoms with Gasteiger partial charge in [-0.25, -0.2) is 4.79 Å². The fourth-order valence-electron chi connectivity index (χ4n) is 2.54. The maximum atomic E-state index is 12.0. The van der Waals surface area contributed by atoms with E-state index < -0.39 is 18.5 Å². The maximum Gasteiger partial charge on any atom is 0.341 e. The molecule has 2 fully saturated rings. The second-order valence-electron chi connectivity index (χ2n) is 4.79. The Labute approximate surface area is 141 Å². The Morgan fingerprint density at radius 1 is 1.18 bits per heavy atom. The van der Waals surface area contributed by atoms with Crippen LogP contribution in [0.4, 0.5) is 5.69 Å². The first-order valence-corrected chi connectivity index (χ1v) is 7.88. The van der Waals surface area contributed by atoms with Crippen molar-refractivity contribution in [2.45, 2.75) is 12.6 Å². The zero-order valence-corrected chi connectivity index (χ0v) is 14.1. The van der Waals surface area contributed by atoms with Crippen molar-refractivity contribution in [1.82, 2.24) is 0 Å². The SMILES string of the molecule is COC(=O)c1c(I)cc(C2OCCO2)c(C2OCCO2)c1N. The number of anilines is 1. The third-order valence-electron chi connectivity index (χ3n) is 3.51. The van der Waals surface area contributed by atoms with Crippen LogP contribution in [-0.4, -0.2) is 39.5 Å². The molecular formula is C14H16INO6. The van der Waals surface area contributed by atoms with Gasteiger partial charge in [0.15, 0.2) is 12.6 Å². The Balaban J connectivity index is 2.14. The molecule has 2 aliphatic rings. The summed E-state index contributed by atoms with van der Waals surface area (Å²) in [4.78, 5) is 12.0. The van der Waals surface area contributed by atoms with E-state index in [9.17, 15) is 4.79 Å². The minimum atomic E-state index is -0.636. The van der Waals surface area contributed by atoms with Gasteiger partial charge in [0.25, 0.3) is 0 Å². The van der Waals surface area contributed by atoms with Gasteiger partial charge in [0, 0.05) is 14.7 Å². The molecule has 0 aromatic heterocycles. The molecule has 22 heavy (non-hydrogen) atoms. The van der Waals surface area contributed by atoms with E-state index in [1.54, 1.807) is 6.07 Å². The molecule has 1 aromatic rings. The van der Waals surface area contributed by atoms with Gasteiger partial charge in [-0.05, 0) is 28.7 Å². The molecule has 2 saturated heterocycles. The molecule has 0 atom stereocenters. The van der Waals surface area contributed by atoms with E-state index in [0.29, 0.717) is 41.1 Å². The van der Waals surface area contributed by atoms with Gasteiger partial charge in [-0.15, -0.1) is 0 Å². The molecule has 3 rings (SSSR count). The van der Waals surface area contributed by atoms with E-state index in [0.717, 1.165) is 5.56 Å². The summed E-state index contributed by atoms with van der Waals surface area (Å²) in [5.41, 5.74) is 8.11. The lowest BCUT2D eigenvalue weighted by Gasteiger charge is -2.22. The second kappa shape index (κ2) is 6.67. The summed E-state index contributed by atoms with van der Waals surface area (Å²) in [5.74, 6) is -0.499. The summed E-state index contributed by atoms with van der Waals surface area (Å²) >= 11 is 2.04. The van der Waals surface area contributed by atoms with Crippen LogP contribution in [0.15, 0.2) is 6.07 Å². The van der Waals surface area contributed by atoms with Crippen molar-refractivity contribution in [3.05, 3.63) is 26.3 Å². The highest BCUT2D eigenvalue weighted by molar-refractivity contribution is 14.1. The molecule has 0 radical (unpaired) electrons. The maximum absolute atomic E-state index is 12.0. The Kier molecular flexibility index (Phi) is 4.83. The van der Waals surface area contributed by atoms with Gasteiger partial charge in [0.1, 0.15) is 0 Å². The quantitative estimate of drug-likeness (QED) is 0.452. The van der Waals surface area contributed by atoms with Crippen molar-refractivity contribution in [2.24, 2.45) is 0 Å². The number of rotatable bonds is 3. The average molecular weight is 421 g/mol. The normalized spacial score (nSPS) is 19.7. The summed E-state index contributed by atoms with van der Waals surface area (Å²) in [6.45, 7) is 1.95. The van der Waals surface area contributed by atoms with Crippen LogP contribution < -0.4 is 5.73 Å². The molecule has 0 bridgehead atoms. The molecule has 2 N–H and O–H groups in total. The monoisotopic (exact) mass is 421 g/mol. The van der Waals surface area contributed by atoms with Crippen LogP contribution in [0.5, 0.6) is 0 Å². The largest absolute Gasteiger partial charge is 0.465 e. The Hall–Kier alpha value is -0.940. The Morgan fingerprint density at radius 2 is 1.73 bits per heavy atom. The smallest absolute Gasteiger partial charge is 0.341 e. The number of esters is 1. The zero-order chi connectivity index (χ0) is 15.7. The van der Waals surface area contributed by atoms with Crippen molar-refractivity contribution in [3.63, 3.8) is 0 Å². The topological polar surface area (TPSA) is 89.2 Å². The summed E-state index contributed by atoms with van der Waals surface area (Å²) in [5, 5.41) is 0. The van der Waals surface area contributed by atoms with Crippen molar-refractivity contribution < 1.29 is 28.5 Å². The first kappa shape index (κ1) is 15.9. The lowest BCUT2D eigenvalue weighted by atomic mass is 9.99. The molecule has 0 aliphatic carbocycles. The van der Waals surface area contributed by atoms with Crippen molar-refractivity contribution >= 4 is 34.2 Å². The lowest BCUT2D eigenvalue weighted by molar-refractivity contribution is -0.0633. The fraction of sp³-hybridized carbons (Fsp3) is 0.500. The number of nitrogens with two attached hydrogens (primary N) is 1. The molecule has 0 unspecified atom stereocenters. The van der Waals surface area contributed by atoms with Gasteiger partial charge < -0.3 is 29.4 Å². The number of carbonyl (C=O) groups is 1. The fourth-order valence-corrected chi connectivity index (χ4v) is 3.38. The van der Waals surface area contributed by atoms with Crippen molar-refractivity contribution in [1.29, 1.82) is 0 Å². The van der Waals surface area contributed by atoms with Crippen LogP contribution in [0.3, 0.4) is 0 Å². The minimum absolute atomic E-state index is 0.278. The van der Waals surface area contributed by atoms with Crippen LogP contribution in [0.2, 0.25) is 0 Å². The third-order valence-corrected chi connectivity index (χ3v) is 4.37. The van der Waals surface area contributed by atoms with E-state index in [-0.39, 0.29) is 5.69 Å². The summed E-state index contributed by atoms with van der Waals surface area (Å²) in [6.07, 6.45) is -1.17. The van der Waals surface area contributed by atoms with E-state index in [1.807, 2.05) is 22.6 Å². The molecular weight excluding hydrogens is 405 g/mol. The highest BCUT2D eigenvalue weighted by Crippen LogP contribution is 2.40. The van der Waals surface area contributed by atoms with E-state index in [1.165, 1.54) is 7.11 Å². The number of carbonyl (C=O) groups excluding carboxylic acids is 1. The van der Waals surface area contributed by atoms with Crippen molar-refractivity contribution in [3.8, 4) is 0 Å². The number of nitrogen functional groups attached to an aromatic ring is 1. The molecule has 0 saturated carbocycles. The number of hydrogen-bond acceptors (Lipinski definition) is 7. The number of hydrogen-bond donors (Lipinski definition) is 1. The first-order chi connectivity index (χ1) is 10.6. The molecule has 0 spiro atoms. The van der Waals surface area contributed by atoms with E-state index >= 15 is 0 Å². The van der Waals surface area contributed by atoms with E-state index in [2.05, 4.69) is 0 Å². The predicted octanol–water partition coefficient (Wildman–Crippen LogP) is 1.75. The summed E-state index contributed by atoms with van der Waals surface area (Å²) < 4.78 is 27.7. The van der Waals surface area contributed by atoms with Crippen LogP contribution in [-0.2, 0) is 23.7 Å². The van der Waals surface area contributed by atoms with Crippen LogP contribution >= 0.6 is 22.6 Å². The van der Waals surface area contributed by atoms with Gasteiger partial charge in [0.05, 0.1) is 44.8 Å². The average Bonchev–Trinajstić information content (AvgIpc) is 3.19. The number of methoxy groups -OCH3 is 1. The van der Waals surface area contributed by atoms with Gasteiger partial charge in [-0.3, -0.25) is 0 Å². The lowest BCUT2D eigenvalue weighted by Crippen LogP contribution is -2.17. The molecule has 2 aliphatic heterocycles. The summed E-state index contributed by atoms with van der Waals surface area (Å²) in [7, 11) is 1.32. The molecule has 8 heteroatoms. The standard InChI is InChI=1S/C14H16INO6/c1-18-12(17)10-8(15)6-7(13-19-2-3-20-13)9(11(10)16)14-21-4-5-22-14/h6,13-14H,2-5,16H2,1H3. The van der Waals surface area contributed by atoms with Gasteiger partial charge >= 0.3 is 5.97 Å². The van der Waals surface area contributed by atoms with Crippen LogP contribution in [0, 0.1) is 3.57 Å². The van der Waals surface area contributed by atoms with E-state index in [4.69, 9.17) is 29.4 Å². The number of halogens is 1. The number of ether oxygens (including phenoxy) is 5. The van der Waals surface area contributed by atoms with Crippen LogP contribution in [0.1, 0.15) is 34.1 Å². The van der Waals surface area contributed by atoms with Gasteiger partial charge in [-0.1, -0.05) is 0 Å². The zero-order valence-electron chi connectivity index (χ0n) is 12.0. The highest BCUT2D eigenvalue weighted by Gasteiger charge is 2.33. The molecule has 2 heterocycles. The summed E-state index contributed by atoms with van der Waals surface area (Å²) in [6, 6.07) is 1.81. The predicted molar refractivity (Wildman–Crippen MR) is 84.2 cm³/mol. The van der Waals surface area contributed by atoms with Gasteiger partial charge in [-0.2, -0.15) is 0 Å². The third kappa shape index (κ3) is 2.81. The first-order valence-electron chi connectivity index (χ1n) is 6.80. The highest BCUT2D eigenvalue weighted by atomic mass is 127. The Bertz CT molecular complexity index is 581. The number of benzene rings is 1. The molecule has 120 valence electrons. The Morgan fingerprint density at radius 3 is 2.27 bits per heavy atom. The molecule has 7 nitrogen and oxygen atoms in total. The van der Waals surface area contributed by atoms with Crippen molar-refractivity contribution in [2.75, 3.05) is 39.3 Å².